The average Bonchev–Trinajstić information content (AvgIpc) is 3.37. The predicted octanol–water partition coefficient (Wildman–Crippen LogP) is 5.57. The van der Waals surface area contributed by atoms with Gasteiger partial charge in [0, 0.05) is 48.6 Å². The molecule has 5 rings (SSSR count). The number of amides is 1. The van der Waals surface area contributed by atoms with Crippen LogP contribution < -0.4 is 11.1 Å². The highest BCUT2D eigenvalue weighted by molar-refractivity contribution is 6.00. The molecule has 1 saturated heterocycles. The van der Waals surface area contributed by atoms with Crippen LogP contribution in [0.5, 0.6) is 0 Å². The summed E-state index contributed by atoms with van der Waals surface area (Å²) in [4.78, 5) is 23.3. The summed E-state index contributed by atoms with van der Waals surface area (Å²) >= 11 is 0. The fraction of sp³-hybridized carbons (Fsp3) is 0.355. The lowest BCUT2D eigenvalue weighted by Gasteiger charge is -2.35. The third kappa shape index (κ3) is 7.40. The van der Waals surface area contributed by atoms with Crippen molar-refractivity contribution in [3.05, 3.63) is 88.3 Å². The second-order valence-electron chi connectivity index (χ2n) is 11.0. The zero-order chi connectivity index (χ0) is 31.6. The summed E-state index contributed by atoms with van der Waals surface area (Å²) in [6.07, 6.45) is -3.98. The minimum absolute atomic E-state index is 0.0472. The summed E-state index contributed by atoms with van der Waals surface area (Å²) in [6, 6.07) is 10.5. The maximum atomic E-state index is 14.8. The van der Waals surface area contributed by atoms with E-state index in [1.807, 2.05) is 26.8 Å². The van der Waals surface area contributed by atoms with Gasteiger partial charge in [0.05, 0.1) is 23.5 Å². The lowest BCUT2D eigenvalue weighted by atomic mass is 9.91. The molecule has 3 heterocycles. The Balaban J connectivity index is 1.29. The number of nitrogens with two attached hydrogens (primary N) is 1. The van der Waals surface area contributed by atoms with E-state index in [0.29, 0.717) is 36.1 Å². The molecule has 0 spiro atoms. The van der Waals surface area contributed by atoms with Gasteiger partial charge in [-0.15, -0.1) is 0 Å². The Hall–Kier alpha value is -4.36. The number of carbonyl (C=O) groups excluding carboxylic acids is 1. The third-order valence-corrected chi connectivity index (χ3v) is 7.29. The summed E-state index contributed by atoms with van der Waals surface area (Å²) in [5.41, 5.74) is 5.46. The van der Waals surface area contributed by atoms with E-state index in [4.69, 9.17) is 10.5 Å². The lowest BCUT2D eigenvalue weighted by molar-refractivity contribution is -0.137. The molecule has 9 nitrogen and oxygen atoms in total. The number of alkyl halides is 3. The molecule has 4 N–H and O–H groups in total. The van der Waals surface area contributed by atoms with Gasteiger partial charge in [0.2, 0.25) is 5.91 Å². The van der Waals surface area contributed by atoms with Crippen LogP contribution in [0.4, 0.5) is 29.2 Å². The van der Waals surface area contributed by atoms with Crippen LogP contribution in [-0.4, -0.2) is 56.3 Å². The molecular weight excluding hydrogens is 578 g/mol. The highest BCUT2D eigenvalue weighted by Crippen LogP contribution is 2.39. The number of primary amides is 1. The number of H-pyrrole nitrogens is 1. The van der Waals surface area contributed by atoms with Crippen molar-refractivity contribution in [2.24, 2.45) is 5.73 Å². The van der Waals surface area contributed by atoms with E-state index in [0.717, 1.165) is 37.0 Å². The summed E-state index contributed by atoms with van der Waals surface area (Å²) in [5.74, 6) is 0.0944. The minimum atomic E-state index is -4.74. The Labute approximate surface area is 251 Å². The quantitative estimate of drug-likeness (QED) is 0.212. The van der Waals surface area contributed by atoms with E-state index < -0.39 is 23.5 Å². The number of anilines is 2. The van der Waals surface area contributed by atoms with E-state index in [2.05, 4.69) is 30.4 Å². The van der Waals surface area contributed by atoms with Gasteiger partial charge in [0.1, 0.15) is 17.5 Å². The van der Waals surface area contributed by atoms with E-state index in [9.17, 15) is 22.4 Å². The first kappa shape index (κ1) is 31.1. The zero-order valence-corrected chi connectivity index (χ0v) is 24.5. The Kier molecular flexibility index (Phi) is 8.97. The molecule has 2 aromatic heterocycles. The zero-order valence-electron chi connectivity index (χ0n) is 24.5. The molecule has 2 aromatic carbocycles. The highest BCUT2D eigenvalue weighted by Gasteiger charge is 2.35. The molecule has 2 atom stereocenters. The van der Waals surface area contributed by atoms with Crippen LogP contribution in [0, 0.1) is 12.7 Å². The molecule has 0 saturated carbocycles. The number of carbonyl (C=O) groups is 1. The molecular formula is C31H33F4N7O2. The van der Waals surface area contributed by atoms with Crippen molar-refractivity contribution in [2.45, 2.75) is 58.5 Å². The van der Waals surface area contributed by atoms with Crippen LogP contribution in [0.15, 0.2) is 48.5 Å². The predicted molar refractivity (Wildman–Crippen MR) is 157 cm³/mol. The summed E-state index contributed by atoms with van der Waals surface area (Å²) < 4.78 is 62.0. The number of nitrogens with zero attached hydrogens (tertiary/aromatic N) is 4. The fourth-order valence-corrected chi connectivity index (χ4v) is 5.60. The molecule has 232 valence electrons. The maximum absolute atomic E-state index is 14.8. The molecule has 0 bridgehead atoms. The molecule has 1 aliphatic heterocycles. The fourth-order valence-electron chi connectivity index (χ4n) is 5.60. The molecule has 4 aromatic rings. The SMILES string of the molecule is Cc1nc(CN2C[C@@H](C)O[C@@H](C)C2)cc(Nc2cc(CCc3cc(-c4c(C(N)=O)cccc4C(F)(F)F)ccc3F)[nH]n2)n1. The van der Waals surface area contributed by atoms with Crippen LogP contribution in [0.25, 0.3) is 11.1 Å². The normalized spacial score (nSPS) is 17.5. The molecule has 13 heteroatoms. The first-order chi connectivity index (χ1) is 20.9. The van der Waals surface area contributed by atoms with Gasteiger partial charge in [-0.25, -0.2) is 14.4 Å². The van der Waals surface area contributed by atoms with E-state index in [1.165, 1.54) is 18.2 Å². The van der Waals surface area contributed by atoms with Crippen molar-refractivity contribution < 1.29 is 27.1 Å². The monoisotopic (exact) mass is 611 g/mol. The van der Waals surface area contributed by atoms with Gasteiger partial charge in [-0.1, -0.05) is 12.1 Å². The van der Waals surface area contributed by atoms with Gasteiger partial charge < -0.3 is 15.8 Å². The number of aromatic amines is 1. The number of rotatable bonds is 9. The number of aryl methyl sites for hydroxylation is 3. The second kappa shape index (κ2) is 12.7. The molecule has 1 fully saturated rings. The van der Waals surface area contributed by atoms with Gasteiger partial charge >= 0.3 is 6.18 Å². The number of nitrogens with one attached hydrogen (secondary N) is 2. The number of hydrogen-bond acceptors (Lipinski definition) is 7. The molecule has 0 aliphatic carbocycles. The number of benzene rings is 2. The maximum Gasteiger partial charge on any atom is 0.417 e. The molecule has 0 radical (unpaired) electrons. The van der Waals surface area contributed by atoms with E-state index in [-0.39, 0.29) is 40.9 Å². The molecule has 0 unspecified atom stereocenters. The van der Waals surface area contributed by atoms with Gasteiger partial charge in [-0.2, -0.15) is 18.3 Å². The molecule has 1 aliphatic rings. The van der Waals surface area contributed by atoms with Crippen LogP contribution in [0.1, 0.15) is 52.5 Å². The highest BCUT2D eigenvalue weighted by atomic mass is 19.4. The topological polar surface area (TPSA) is 122 Å². The van der Waals surface area contributed by atoms with Gasteiger partial charge in [0.15, 0.2) is 5.82 Å². The Morgan fingerprint density at radius 1 is 1.07 bits per heavy atom. The van der Waals surface area contributed by atoms with Crippen molar-refractivity contribution >= 4 is 17.5 Å². The molecule has 44 heavy (non-hydrogen) atoms. The number of ether oxygens (including phenoxy) is 1. The van der Waals surface area contributed by atoms with E-state index in [1.54, 1.807) is 6.07 Å². The van der Waals surface area contributed by atoms with Gasteiger partial charge in [-0.05, 0) is 69.0 Å². The number of hydrogen-bond donors (Lipinski definition) is 3. The number of morpholine rings is 1. The summed E-state index contributed by atoms with van der Waals surface area (Å²) in [5, 5.41) is 10.4. The average molecular weight is 612 g/mol. The molecule has 1 amide bonds. The second-order valence-corrected chi connectivity index (χ2v) is 11.0. The Morgan fingerprint density at radius 2 is 1.82 bits per heavy atom. The number of halogens is 4. The summed E-state index contributed by atoms with van der Waals surface area (Å²) in [6.45, 7) is 8.19. The Morgan fingerprint density at radius 3 is 2.52 bits per heavy atom. The van der Waals surface area contributed by atoms with E-state index >= 15 is 0 Å². The van der Waals surface area contributed by atoms with Crippen LogP contribution >= 0.6 is 0 Å². The van der Waals surface area contributed by atoms with Crippen molar-refractivity contribution in [1.29, 1.82) is 0 Å². The lowest BCUT2D eigenvalue weighted by Crippen LogP contribution is -2.44. The van der Waals surface area contributed by atoms with Crippen molar-refractivity contribution in [3.8, 4) is 11.1 Å². The van der Waals surface area contributed by atoms with Crippen LogP contribution in [-0.2, 0) is 30.3 Å². The number of aromatic nitrogens is 4. The van der Waals surface area contributed by atoms with Crippen molar-refractivity contribution in [2.75, 3.05) is 18.4 Å². The Bertz CT molecular complexity index is 1650. The largest absolute Gasteiger partial charge is 0.417 e. The summed E-state index contributed by atoms with van der Waals surface area (Å²) in [7, 11) is 0. The van der Waals surface area contributed by atoms with Gasteiger partial charge in [-0.3, -0.25) is 14.8 Å². The first-order valence-corrected chi connectivity index (χ1v) is 14.2. The minimum Gasteiger partial charge on any atom is -0.373 e. The first-order valence-electron chi connectivity index (χ1n) is 14.2. The standard InChI is InChI=1S/C31H33F4N7O2/c1-17-14-42(15-18(2)44-17)16-23-13-27(38-19(3)37-23)39-28-12-22(40-41-28)9-7-20-11-21(8-10-26(20)32)29-24(30(36)43)5-4-6-25(29)31(33,34)35/h4-6,8,10-13,17-18H,7,9,14-16H2,1-3H3,(H2,36,43)(H2,37,38,39,40,41)/t17-,18+. The van der Waals surface area contributed by atoms with Crippen LogP contribution in [0.2, 0.25) is 0 Å². The van der Waals surface area contributed by atoms with Gasteiger partial charge in [0.25, 0.3) is 0 Å². The van der Waals surface area contributed by atoms with Crippen LogP contribution in [0.3, 0.4) is 0 Å². The van der Waals surface area contributed by atoms with Crippen molar-refractivity contribution in [1.82, 2.24) is 25.1 Å². The smallest absolute Gasteiger partial charge is 0.373 e. The third-order valence-electron chi connectivity index (χ3n) is 7.29. The van der Waals surface area contributed by atoms with Crippen molar-refractivity contribution in [3.63, 3.8) is 0 Å².